The lowest BCUT2D eigenvalue weighted by Crippen LogP contribution is -2.29. The number of thioether (sulfide) groups is 1. The molecular formula is C12H17ClFNO2S2. The lowest BCUT2D eigenvalue weighted by molar-refractivity contribution is 0.463. The second kappa shape index (κ2) is 7.47. The summed E-state index contributed by atoms with van der Waals surface area (Å²) in [5.41, 5.74) is 0.558. The van der Waals surface area contributed by atoms with E-state index in [-0.39, 0.29) is 10.8 Å². The van der Waals surface area contributed by atoms with Crippen LogP contribution in [0.2, 0.25) is 0 Å². The predicted octanol–water partition coefficient (Wildman–Crippen LogP) is 2.94. The fraction of sp³-hybridized carbons (Fsp3) is 0.500. The maximum atomic E-state index is 13.8. The quantitative estimate of drug-likeness (QED) is 0.571. The Morgan fingerprint density at radius 1 is 1.42 bits per heavy atom. The van der Waals surface area contributed by atoms with Crippen molar-refractivity contribution >= 4 is 33.4 Å². The van der Waals surface area contributed by atoms with Crippen LogP contribution in [0, 0.1) is 5.82 Å². The number of alkyl halides is 1. The predicted molar refractivity (Wildman–Crippen MR) is 78.8 cm³/mol. The first-order chi connectivity index (χ1) is 8.93. The Kier molecular flexibility index (Phi) is 6.59. The van der Waals surface area contributed by atoms with Gasteiger partial charge in [-0.2, -0.15) is 11.8 Å². The molecule has 7 heteroatoms. The molecule has 0 saturated heterocycles. The molecule has 0 fully saturated rings. The van der Waals surface area contributed by atoms with Crippen molar-refractivity contribution in [3.05, 3.63) is 29.6 Å². The van der Waals surface area contributed by atoms with Gasteiger partial charge in [-0.15, -0.1) is 11.6 Å². The molecule has 0 unspecified atom stereocenters. The lowest BCUT2D eigenvalue weighted by Gasteiger charge is -2.17. The van der Waals surface area contributed by atoms with Crippen LogP contribution < -0.4 is 0 Å². The molecule has 19 heavy (non-hydrogen) atoms. The van der Waals surface area contributed by atoms with E-state index in [1.165, 1.54) is 23.5 Å². The first-order valence-electron chi connectivity index (χ1n) is 5.73. The summed E-state index contributed by atoms with van der Waals surface area (Å²) in [5.74, 6) is 0.267. The van der Waals surface area contributed by atoms with Gasteiger partial charge in [0.25, 0.3) is 0 Å². The summed E-state index contributed by atoms with van der Waals surface area (Å²) in [6.45, 7) is 0.375. The van der Waals surface area contributed by atoms with Crippen molar-refractivity contribution in [2.24, 2.45) is 0 Å². The maximum Gasteiger partial charge on any atom is 0.245 e. The molecule has 1 rings (SSSR count). The molecule has 0 radical (unpaired) electrons. The van der Waals surface area contributed by atoms with E-state index >= 15 is 0 Å². The van der Waals surface area contributed by atoms with Gasteiger partial charge in [0.1, 0.15) is 10.7 Å². The zero-order valence-electron chi connectivity index (χ0n) is 10.9. The van der Waals surface area contributed by atoms with E-state index in [1.807, 2.05) is 6.26 Å². The van der Waals surface area contributed by atoms with Gasteiger partial charge in [-0.05, 0) is 36.1 Å². The highest BCUT2D eigenvalue weighted by molar-refractivity contribution is 7.98. The van der Waals surface area contributed by atoms with Gasteiger partial charge in [-0.3, -0.25) is 0 Å². The number of hydrogen-bond acceptors (Lipinski definition) is 3. The number of hydrogen-bond donors (Lipinski definition) is 0. The van der Waals surface area contributed by atoms with Crippen LogP contribution in [0.5, 0.6) is 0 Å². The van der Waals surface area contributed by atoms with Crippen LogP contribution in [0.25, 0.3) is 0 Å². The number of rotatable bonds is 7. The molecule has 1 aromatic carbocycles. The molecule has 1 aromatic rings. The van der Waals surface area contributed by atoms with Crippen molar-refractivity contribution < 1.29 is 12.8 Å². The largest absolute Gasteiger partial charge is 0.245 e. The second-order valence-corrected chi connectivity index (χ2v) is 7.34. The van der Waals surface area contributed by atoms with E-state index in [0.717, 1.165) is 18.2 Å². The van der Waals surface area contributed by atoms with Crippen molar-refractivity contribution in [2.75, 3.05) is 25.6 Å². The van der Waals surface area contributed by atoms with Crippen LogP contribution in [0.3, 0.4) is 0 Å². The van der Waals surface area contributed by atoms with E-state index in [4.69, 9.17) is 11.6 Å². The molecule has 0 aliphatic heterocycles. The Morgan fingerprint density at radius 2 is 2.11 bits per heavy atom. The normalized spacial score (nSPS) is 12.1. The van der Waals surface area contributed by atoms with Crippen LogP contribution in [-0.2, 0) is 15.9 Å². The topological polar surface area (TPSA) is 37.4 Å². The maximum absolute atomic E-state index is 13.8. The minimum Gasteiger partial charge on any atom is -0.207 e. The Hall–Kier alpha value is -0.300. The lowest BCUT2D eigenvalue weighted by atomic mass is 10.2. The fourth-order valence-corrected chi connectivity index (χ4v) is 3.39. The van der Waals surface area contributed by atoms with Gasteiger partial charge in [-0.25, -0.2) is 17.1 Å². The van der Waals surface area contributed by atoms with Crippen LogP contribution in [0.15, 0.2) is 23.1 Å². The molecule has 0 spiro atoms. The van der Waals surface area contributed by atoms with Gasteiger partial charge in [0.15, 0.2) is 0 Å². The van der Waals surface area contributed by atoms with Crippen molar-refractivity contribution in [3.63, 3.8) is 0 Å². The summed E-state index contributed by atoms with van der Waals surface area (Å²) in [4.78, 5) is -0.298. The molecule has 0 aliphatic rings. The number of sulfonamides is 1. The molecule has 0 heterocycles. The third-order valence-electron chi connectivity index (χ3n) is 2.66. The summed E-state index contributed by atoms with van der Waals surface area (Å²) in [7, 11) is -2.31. The number of benzene rings is 1. The van der Waals surface area contributed by atoms with Crippen molar-refractivity contribution in [2.45, 2.75) is 17.2 Å². The van der Waals surface area contributed by atoms with Gasteiger partial charge in [0.2, 0.25) is 10.0 Å². The third kappa shape index (κ3) is 4.34. The molecule has 0 aliphatic carbocycles. The smallest absolute Gasteiger partial charge is 0.207 e. The summed E-state index contributed by atoms with van der Waals surface area (Å²) in [6.07, 6.45) is 2.69. The summed E-state index contributed by atoms with van der Waals surface area (Å²) < 4.78 is 39.4. The average Bonchev–Trinajstić information content (AvgIpc) is 2.38. The van der Waals surface area contributed by atoms with Crippen LogP contribution in [0.1, 0.15) is 12.0 Å². The Bertz CT molecular complexity index is 522. The summed E-state index contributed by atoms with van der Waals surface area (Å²) in [5, 5.41) is 0. The molecule has 0 amide bonds. The molecule has 0 N–H and O–H groups in total. The third-order valence-corrected chi connectivity index (χ3v) is 5.56. The Morgan fingerprint density at radius 3 is 2.63 bits per heavy atom. The number of nitrogens with zero attached hydrogens (tertiary/aromatic N) is 1. The molecule has 0 bridgehead atoms. The highest BCUT2D eigenvalue weighted by Gasteiger charge is 2.24. The minimum atomic E-state index is -3.77. The molecule has 0 saturated carbocycles. The van der Waals surface area contributed by atoms with Crippen LogP contribution >= 0.6 is 23.4 Å². The van der Waals surface area contributed by atoms with E-state index < -0.39 is 15.8 Å². The van der Waals surface area contributed by atoms with Gasteiger partial charge in [-0.1, -0.05) is 6.07 Å². The minimum absolute atomic E-state index is 0.154. The van der Waals surface area contributed by atoms with Crippen molar-refractivity contribution in [3.8, 4) is 0 Å². The van der Waals surface area contributed by atoms with Crippen LogP contribution in [-0.4, -0.2) is 38.3 Å². The summed E-state index contributed by atoms with van der Waals surface area (Å²) in [6, 6.07) is 3.96. The first kappa shape index (κ1) is 16.8. The van der Waals surface area contributed by atoms with E-state index in [1.54, 1.807) is 11.8 Å². The van der Waals surface area contributed by atoms with Gasteiger partial charge < -0.3 is 0 Å². The molecule has 0 aromatic heterocycles. The zero-order chi connectivity index (χ0) is 14.5. The monoisotopic (exact) mass is 325 g/mol. The first-order valence-corrected chi connectivity index (χ1v) is 9.10. The highest BCUT2D eigenvalue weighted by atomic mass is 35.5. The van der Waals surface area contributed by atoms with Gasteiger partial charge in [0, 0.05) is 19.5 Å². The van der Waals surface area contributed by atoms with E-state index in [0.29, 0.717) is 12.1 Å². The Balaban J connectivity index is 2.93. The standard InChI is InChI=1S/C12H17ClFNO2S2/c1-15(6-3-7-18-2)19(16,17)12-5-4-10(9-13)8-11(12)14/h4-5,8H,3,6-7,9H2,1-2H3. The van der Waals surface area contributed by atoms with Gasteiger partial charge in [0.05, 0.1) is 0 Å². The average molecular weight is 326 g/mol. The summed E-state index contributed by atoms with van der Waals surface area (Å²) >= 11 is 7.23. The van der Waals surface area contributed by atoms with Crippen LogP contribution in [0.4, 0.5) is 4.39 Å². The zero-order valence-corrected chi connectivity index (χ0v) is 13.3. The van der Waals surface area contributed by atoms with Crippen molar-refractivity contribution in [1.29, 1.82) is 0 Å². The number of halogens is 2. The molecule has 3 nitrogen and oxygen atoms in total. The second-order valence-electron chi connectivity index (χ2n) is 4.07. The molecule has 108 valence electrons. The van der Waals surface area contributed by atoms with Crippen molar-refractivity contribution in [1.82, 2.24) is 4.31 Å². The fourth-order valence-electron chi connectivity index (χ4n) is 1.56. The Labute approximate surface area is 123 Å². The van der Waals surface area contributed by atoms with E-state index in [2.05, 4.69) is 0 Å². The molecule has 0 atom stereocenters. The molecular weight excluding hydrogens is 309 g/mol. The van der Waals surface area contributed by atoms with Gasteiger partial charge >= 0.3 is 0 Å². The highest BCUT2D eigenvalue weighted by Crippen LogP contribution is 2.20. The van der Waals surface area contributed by atoms with E-state index in [9.17, 15) is 12.8 Å². The SMILES string of the molecule is CSCCCN(C)S(=O)(=O)c1ccc(CCl)cc1F.